The zero-order valence-electron chi connectivity index (χ0n) is 13.8. The fourth-order valence-electron chi connectivity index (χ4n) is 3.80. The number of benzene rings is 1. The second-order valence-electron chi connectivity index (χ2n) is 6.60. The number of carbonyl (C=O) groups excluding carboxylic acids is 1. The van der Waals surface area contributed by atoms with Crippen molar-refractivity contribution in [3.8, 4) is 5.69 Å². The maximum absolute atomic E-state index is 12.9. The summed E-state index contributed by atoms with van der Waals surface area (Å²) in [5, 5.41) is 15.1. The van der Waals surface area contributed by atoms with Crippen LogP contribution in [-0.2, 0) is 0 Å². The number of halogens is 2. The third-order valence-electron chi connectivity index (χ3n) is 5.11. The van der Waals surface area contributed by atoms with E-state index in [1.165, 1.54) is 23.9 Å². The van der Waals surface area contributed by atoms with Gasteiger partial charge in [-0.15, -0.1) is 17.5 Å². The summed E-state index contributed by atoms with van der Waals surface area (Å²) in [4.78, 5) is 14.7. The quantitative estimate of drug-likeness (QED) is 0.879. The lowest BCUT2D eigenvalue weighted by molar-refractivity contribution is 0.0682. The second-order valence-corrected chi connectivity index (χ2v) is 7.00. The molecule has 25 heavy (non-hydrogen) atoms. The van der Waals surface area contributed by atoms with Gasteiger partial charge < -0.3 is 10.2 Å². The molecule has 2 bridgehead atoms. The van der Waals surface area contributed by atoms with Crippen molar-refractivity contribution in [2.24, 2.45) is 0 Å². The van der Waals surface area contributed by atoms with Gasteiger partial charge in [0.2, 0.25) is 0 Å². The van der Waals surface area contributed by atoms with E-state index in [9.17, 15) is 4.79 Å². The first kappa shape index (κ1) is 18.1. The normalized spacial score (nSPS) is 24.6. The highest BCUT2D eigenvalue weighted by atomic mass is 35.5. The van der Waals surface area contributed by atoms with Gasteiger partial charge in [0.05, 0.1) is 16.3 Å². The van der Waals surface area contributed by atoms with Crippen LogP contribution in [0, 0.1) is 0 Å². The van der Waals surface area contributed by atoms with Gasteiger partial charge in [0.15, 0.2) is 0 Å². The van der Waals surface area contributed by atoms with E-state index in [4.69, 9.17) is 11.6 Å². The molecule has 2 aromatic rings. The number of aromatic nitrogens is 4. The minimum Gasteiger partial charge on any atom is -0.339 e. The Kier molecular flexibility index (Phi) is 5.27. The van der Waals surface area contributed by atoms with Gasteiger partial charge in [-0.2, -0.15) is 0 Å². The second kappa shape index (κ2) is 7.27. The highest BCUT2D eigenvalue weighted by molar-refractivity contribution is 6.34. The minimum atomic E-state index is -0.0328. The predicted molar refractivity (Wildman–Crippen MR) is 96.5 cm³/mol. The van der Waals surface area contributed by atoms with Crippen LogP contribution >= 0.6 is 24.0 Å². The molecule has 2 atom stereocenters. The number of piperidine rings is 1. The number of amides is 1. The van der Waals surface area contributed by atoms with E-state index in [1.54, 1.807) is 18.2 Å². The number of fused-ring (bicyclic) bond motifs is 2. The third kappa shape index (κ3) is 3.49. The molecular formula is C16H20Cl2N6O. The lowest BCUT2D eigenvalue weighted by Crippen LogP contribution is -2.48. The van der Waals surface area contributed by atoms with Crippen molar-refractivity contribution >= 4 is 29.9 Å². The van der Waals surface area contributed by atoms with Gasteiger partial charge >= 0.3 is 0 Å². The monoisotopic (exact) mass is 382 g/mol. The molecule has 0 spiro atoms. The standard InChI is InChI=1S/C16H19ClN6O.ClH/c1-22(13-6-10-2-3-11(7-13)19-10)16(24)14-5-4-12(8-15(14)17)23-9-18-20-21-23;/h4-5,8-11,13,19H,2-3,6-7H2,1H3;1H. The van der Waals surface area contributed by atoms with Crippen LogP contribution in [-0.4, -0.2) is 56.2 Å². The van der Waals surface area contributed by atoms with E-state index < -0.39 is 0 Å². The van der Waals surface area contributed by atoms with Crippen LogP contribution in [0.2, 0.25) is 5.02 Å². The van der Waals surface area contributed by atoms with Crippen LogP contribution in [0.1, 0.15) is 36.0 Å². The molecule has 1 amide bonds. The van der Waals surface area contributed by atoms with E-state index in [0.717, 1.165) is 18.5 Å². The highest BCUT2D eigenvalue weighted by Gasteiger charge is 2.36. The van der Waals surface area contributed by atoms with Gasteiger partial charge in [-0.3, -0.25) is 4.79 Å². The first-order chi connectivity index (χ1) is 11.6. The zero-order chi connectivity index (χ0) is 16.7. The molecule has 1 aromatic carbocycles. The molecule has 3 heterocycles. The summed E-state index contributed by atoms with van der Waals surface area (Å²) in [6, 6.07) is 6.61. The first-order valence-electron chi connectivity index (χ1n) is 8.18. The van der Waals surface area contributed by atoms with Crippen molar-refractivity contribution in [3.63, 3.8) is 0 Å². The van der Waals surface area contributed by atoms with E-state index in [1.807, 2.05) is 11.9 Å². The Morgan fingerprint density at radius 1 is 1.32 bits per heavy atom. The molecule has 2 aliphatic heterocycles. The van der Waals surface area contributed by atoms with E-state index in [-0.39, 0.29) is 24.4 Å². The summed E-state index contributed by atoms with van der Waals surface area (Å²) >= 11 is 6.35. The number of carbonyl (C=O) groups is 1. The smallest absolute Gasteiger partial charge is 0.255 e. The maximum atomic E-state index is 12.9. The molecule has 2 aliphatic rings. The molecule has 7 nitrogen and oxygen atoms in total. The Hall–Kier alpha value is -1.70. The number of nitrogens with one attached hydrogen (secondary N) is 1. The Morgan fingerprint density at radius 2 is 2.04 bits per heavy atom. The summed E-state index contributed by atoms with van der Waals surface area (Å²) in [5.74, 6) is -0.0328. The Morgan fingerprint density at radius 3 is 2.64 bits per heavy atom. The molecule has 2 unspecified atom stereocenters. The van der Waals surface area contributed by atoms with Gasteiger partial charge in [-0.1, -0.05) is 11.6 Å². The summed E-state index contributed by atoms with van der Waals surface area (Å²) in [7, 11) is 1.88. The third-order valence-corrected chi connectivity index (χ3v) is 5.43. The lowest BCUT2D eigenvalue weighted by atomic mass is 9.98. The molecule has 0 radical (unpaired) electrons. The van der Waals surface area contributed by atoms with Crippen LogP contribution in [0.15, 0.2) is 24.5 Å². The van der Waals surface area contributed by atoms with Crippen molar-refractivity contribution in [2.45, 2.75) is 43.8 Å². The van der Waals surface area contributed by atoms with E-state index in [2.05, 4.69) is 20.8 Å². The molecule has 134 valence electrons. The minimum absolute atomic E-state index is 0. The first-order valence-corrected chi connectivity index (χ1v) is 8.55. The average molecular weight is 383 g/mol. The Labute approximate surface area is 157 Å². The topological polar surface area (TPSA) is 75.9 Å². The molecule has 1 aromatic heterocycles. The molecular weight excluding hydrogens is 363 g/mol. The maximum Gasteiger partial charge on any atom is 0.255 e. The van der Waals surface area contributed by atoms with E-state index in [0.29, 0.717) is 22.7 Å². The highest BCUT2D eigenvalue weighted by Crippen LogP contribution is 2.30. The Bertz CT molecular complexity index is 741. The van der Waals surface area contributed by atoms with Crippen LogP contribution < -0.4 is 5.32 Å². The number of hydrogen-bond donors (Lipinski definition) is 1. The van der Waals surface area contributed by atoms with Crippen molar-refractivity contribution < 1.29 is 4.79 Å². The number of rotatable bonds is 3. The van der Waals surface area contributed by atoms with Crippen LogP contribution in [0.4, 0.5) is 0 Å². The lowest BCUT2D eigenvalue weighted by Gasteiger charge is -2.35. The fraction of sp³-hybridized carbons (Fsp3) is 0.500. The number of nitrogens with zero attached hydrogens (tertiary/aromatic N) is 5. The van der Waals surface area contributed by atoms with Crippen LogP contribution in [0.5, 0.6) is 0 Å². The fourth-order valence-corrected chi connectivity index (χ4v) is 4.05. The predicted octanol–water partition coefficient (Wildman–Crippen LogP) is 2.09. The van der Waals surface area contributed by atoms with Crippen molar-refractivity contribution in [1.82, 2.24) is 30.4 Å². The summed E-state index contributed by atoms with van der Waals surface area (Å²) in [6.07, 6.45) is 5.94. The van der Waals surface area contributed by atoms with Crippen LogP contribution in [0.3, 0.4) is 0 Å². The molecule has 0 saturated carbocycles. The summed E-state index contributed by atoms with van der Waals surface area (Å²) < 4.78 is 1.51. The van der Waals surface area contributed by atoms with Crippen molar-refractivity contribution in [1.29, 1.82) is 0 Å². The molecule has 1 N–H and O–H groups in total. The molecule has 9 heteroatoms. The van der Waals surface area contributed by atoms with Gasteiger partial charge in [0, 0.05) is 25.2 Å². The van der Waals surface area contributed by atoms with Crippen LogP contribution in [0.25, 0.3) is 5.69 Å². The van der Waals surface area contributed by atoms with Gasteiger partial charge in [0.25, 0.3) is 5.91 Å². The molecule has 4 rings (SSSR count). The number of tetrazole rings is 1. The van der Waals surface area contributed by atoms with Crippen molar-refractivity contribution in [3.05, 3.63) is 35.1 Å². The Balaban J connectivity index is 0.00000182. The number of hydrogen-bond acceptors (Lipinski definition) is 5. The summed E-state index contributed by atoms with van der Waals surface area (Å²) in [5.41, 5.74) is 1.24. The zero-order valence-corrected chi connectivity index (χ0v) is 15.4. The van der Waals surface area contributed by atoms with Gasteiger partial charge in [-0.05, 0) is 54.3 Å². The van der Waals surface area contributed by atoms with E-state index >= 15 is 0 Å². The molecule has 0 aliphatic carbocycles. The SMILES string of the molecule is CN(C(=O)c1ccc(-n2cnnn2)cc1Cl)C1CC2CCC(C1)N2.Cl. The average Bonchev–Trinajstić information content (AvgIpc) is 3.23. The van der Waals surface area contributed by atoms with Crippen molar-refractivity contribution in [2.75, 3.05) is 7.05 Å². The molecule has 2 saturated heterocycles. The molecule has 2 fully saturated rings. The van der Waals surface area contributed by atoms with Gasteiger partial charge in [0.1, 0.15) is 6.33 Å². The summed E-state index contributed by atoms with van der Waals surface area (Å²) in [6.45, 7) is 0. The van der Waals surface area contributed by atoms with Gasteiger partial charge in [-0.25, -0.2) is 4.68 Å². The largest absolute Gasteiger partial charge is 0.339 e.